The van der Waals surface area contributed by atoms with Gasteiger partial charge in [-0.15, -0.1) is 0 Å². The first-order valence-electron chi connectivity index (χ1n) is 11.5. The fourth-order valence-electron chi connectivity index (χ4n) is 4.74. The van der Waals surface area contributed by atoms with Crippen LogP contribution in [-0.2, 0) is 10.2 Å². The van der Waals surface area contributed by atoms with Gasteiger partial charge in [-0.05, 0) is 49.9 Å². The molecule has 0 unspecified atom stereocenters. The molecule has 1 aliphatic rings. The van der Waals surface area contributed by atoms with Gasteiger partial charge in [0.05, 0.1) is 5.41 Å². The molecule has 1 saturated heterocycles. The Kier molecular flexibility index (Phi) is 6.62. The summed E-state index contributed by atoms with van der Waals surface area (Å²) in [5.41, 5.74) is 6.73. The Morgan fingerprint density at radius 3 is 2.06 bits per heavy atom. The first-order chi connectivity index (χ1) is 16.2. The number of carbonyl (C=O) groups excluding carboxylic acids is 1. The number of ether oxygens (including phenoxy) is 1. The van der Waals surface area contributed by atoms with Gasteiger partial charge in [0.2, 0.25) is 5.91 Å². The van der Waals surface area contributed by atoms with Crippen LogP contribution in [0.3, 0.4) is 0 Å². The Morgan fingerprint density at radius 2 is 1.56 bits per heavy atom. The molecule has 34 heavy (non-hydrogen) atoms. The van der Waals surface area contributed by atoms with Crippen LogP contribution in [0.15, 0.2) is 78.9 Å². The molecule has 5 nitrogen and oxygen atoms in total. The molecular weight excluding hydrogens is 431 g/mol. The van der Waals surface area contributed by atoms with E-state index in [-0.39, 0.29) is 29.0 Å². The standard InChI is InChI=1S/C28H31FN2O3/c1-27(2,31-18-23(19-31)34-25-14-13-22(29)17-24(25)32)15-16-28(26(30)33,20-9-5-3-6-10-20)21-11-7-4-8-12-21/h3-14,17,23,32H,15-16,18-19H2,1-2H3,(H2,30,33). The zero-order chi connectivity index (χ0) is 24.3. The highest BCUT2D eigenvalue weighted by atomic mass is 19.1. The lowest BCUT2D eigenvalue weighted by Gasteiger charge is -2.49. The Bertz CT molecular complexity index is 1090. The number of halogens is 1. The predicted octanol–water partition coefficient (Wildman–Crippen LogP) is 4.62. The van der Waals surface area contributed by atoms with Crippen molar-refractivity contribution in [1.29, 1.82) is 0 Å². The van der Waals surface area contributed by atoms with E-state index in [0.717, 1.165) is 23.6 Å². The van der Waals surface area contributed by atoms with E-state index < -0.39 is 11.2 Å². The molecule has 1 amide bonds. The third kappa shape index (κ3) is 4.64. The minimum Gasteiger partial charge on any atom is -0.504 e. The monoisotopic (exact) mass is 462 g/mol. The molecule has 3 aromatic rings. The Balaban J connectivity index is 1.49. The summed E-state index contributed by atoms with van der Waals surface area (Å²) in [4.78, 5) is 15.3. The number of rotatable bonds is 9. The molecule has 0 aliphatic carbocycles. The van der Waals surface area contributed by atoms with Crippen molar-refractivity contribution in [3.8, 4) is 11.5 Å². The predicted molar refractivity (Wildman–Crippen MR) is 130 cm³/mol. The molecule has 0 radical (unpaired) electrons. The van der Waals surface area contributed by atoms with Gasteiger partial charge in [0.1, 0.15) is 11.9 Å². The normalized spacial score (nSPS) is 15.0. The summed E-state index contributed by atoms with van der Waals surface area (Å²) < 4.78 is 19.1. The SMILES string of the molecule is CC(C)(CCC(C(N)=O)(c1ccccc1)c1ccccc1)N1CC(Oc2ccc(F)cc2O)C1. The fourth-order valence-corrected chi connectivity index (χ4v) is 4.74. The number of primary amides is 1. The van der Waals surface area contributed by atoms with Crippen molar-refractivity contribution in [2.45, 2.75) is 43.7 Å². The van der Waals surface area contributed by atoms with Gasteiger partial charge in [-0.2, -0.15) is 0 Å². The molecule has 4 rings (SSSR count). The van der Waals surface area contributed by atoms with Crippen LogP contribution >= 0.6 is 0 Å². The van der Waals surface area contributed by atoms with E-state index >= 15 is 0 Å². The van der Waals surface area contributed by atoms with Crippen LogP contribution < -0.4 is 10.5 Å². The third-order valence-electron chi connectivity index (χ3n) is 6.98. The second-order valence-corrected chi connectivity index (χ2v) is 9.57. The quantitative estimate of drug-likeness (QED) is 0.486. The van der Waals surface area contributed by atoms with Crippen LogP contribution in [0, 0.1) is 5.82 Å². The summed E-state index contributed by atoms with van der Waals surface area (Å²) in [6, 6.07) is 23.2. The number of nitrogens with zero attached hydrogens (tertiary/aromatic N) is 1. The number of benzene rings is 3. The zero-order valence-corrected chi connectivity index (χ0v) is 19.6. The van der Waals surface area contributed by atoms with Crippen LogP contribution in [0.25, 0.3) is 0 Å². The molecule has 0 atom stereocenters. The van der Waals surface area contributed by atoms with E-state index in [1.807, 2.05) is 60.7 Å². The molecule has 3 aromatic carbocycles. The highest BCUT2D eigenvalue weighted by Gasteiger charge is 2.44. The van der Waals surface area contributed by atoms with Crippen molar-refractivity contribution in [3.63, 3.8) is 0 Å². The second kappa shape index (κ2) is 9.47. The first kappa shape index (κ1) is 23.8. The van der Waals surface area contributed by atoms with Crippen molar-refractivity contribution in [2.24, 2.45) is 5.73 Å². The van der Waals surface area contributed by atoms with Crippen LogP contribution in [0.2, 0.25) is 0 Å². The molecule has 1 aliphatic heterocycles. The smallest absolute Gasteiger partial charge is 0.232 e. The number of aromatic hydroxyl groups is 1. The minimum atomic E-state index is -0.930. The van der Waals surface area contributed by atoms with Crippen molar-refractivity contribution in [2.75, 3.05) is 13.1 Å². The van der Waals surface area contributed by atoms with Crippen molar-refractivity contribution >= 4 is 5.91 Å². The van der Waals surface area contributed by atoms with Gasteiger partial charge < -0.3 is 15.6 Å². The second-order valence-electron chi connectivity index (χ2n) is 9.57. The molecule has 0 saturated carbocycles. The van der Waals surface area contributed by atoms with E-state index in [9.17, 15) is 14.3 Å². The maximum Gasteiger partial charge on any atom is 0.232 e. The average molecular weight is 463 g/mol. The molecule has 6 heteroatoms. The van der Waals surface area contributed by atoms with E-state index in [2.05, 4.69) is 18.7 Å². The molecule has 0 aromatic heterocycles. The summed E-state index contributed by atoms with van der Waals surface area (Å²) in [5, 5.41) is 9.91. The number of phenolic OH excluding ortho intramolecular Hbond substituents is 1. The van der Waals surface area contributed by atoms with E-state index in [1.54, 1.807) is 0 Å². The van der Waals surface area contributed by atoms with Gasteiger partial charge in [-0.3, -0.25) is 9.69 Å². The van der Waals surface area contributed by atoms with Crippen LogP contribution in [0.5, 0.6) is 11.5 Å². The molecule has 1 heterocycles. The van der Waals surface area contributed by atoms with E-state index in [0.29, 0.717) is 19.5 Å². The molecule has 3 N–H and O–H groups in total. The van der Waals surface area contributed by atoms with E-state index in [4.69, 9.17) is 10.5 Å². The number of likely N-dealkylation sites (tertiary alicyclic amines) is 1. The topological polar surface area (TPSA) is 75.8 Å². The average Bonchev–Trinajstić information content (AvgIpc) is 2.78. The van der Waals surface area contributed by atoms with Crippen LogP contribution in [0.4, 0.5) is 4.39 Å². The lowest BCUT2D eigenvalue weighted by atomic mass is 9.69. The van der Waals surface area contributed by atoms with Gasteiger partial charge >= 0.3 is 0 Å². The maximum atomic E-state index is 13.2. The lowest BCUT2D eigenvalue weighted by molar-refractivity contribution is -0.122. The van der Waals surface area contributed by atoms with Gasteiger partial charge in [-0.1, -0.05) is 60.7 Å². The Labute approximate surface area is 200 Å². The van der Waals surface area contributed by atoms with Crippen LogP contribution in [-0.4, -0.2) is 40.6 Å². The minimum absolute atomic E-state index is 0.0974. The largest absolute Gasteiger partial charge is 0.504 e. The summed E-state index contributed by atoms with van der Waals surface area (Å²) in [6.07, 6.45) is 1.19. The Morgan fingerprint density at radius 1 is 1.00 bits per heavy atom. The summed E-state index contributed by atoms with van der Waals surface area (Å²) in [6.45, 7) is 5.65. The van der Waals surface area contributed by atoms with Gasteiger partial charge in [0, 0.05) is 24.7 Å². The number of phenols is 1. The van der Waals surface area contributed by atoms with Crippen molar-refractivity contribution < 1.29 is 19.0 Å². The number of hydrogen-bond acceptors (Lipinski definition) is 4. The van der Waals surface area contributed by atoms with Gasteiger partial charge in [-0.25, -0.2) is 4.39 Å². The first-order valence-corrected chi connectivity index (χ1v) is 11.5. The van der Waals surface area contributed by atoms with Gasteiger partial charge in [0.25, 0.3) is 0 Å². The van der Waals surface area contributed by atoms with Crippen molar-refractivity contribution in [3.05, 3.63) is 95.8 Å². The van der Waals surface area contributed by atoms with Gasteiger partial charge in [0.15, 0.2) is 11.5 Å². The summed E-state index contributed by atoms with van der Waals surface area (Å²) in [7, 11) is 0. The molecular formula is C28H31FN2O3. The fraction of sp³-hybridized carbons (Fsp3) is 0.321. The summed E-state index contributed by atoms with van der Waals surface area (Å²) in [5.74, 6) is -0.785. The molecule has 178 valence electrons. The zero-order valence-electron chi connectivity index (χ0n) is 19.6. The summed E-state index contributed by atoms with van der Waals surface area (Å²) >= 11 is 0. The Hall–Kier alpha value is -3.38. The number of amides is 1. The highest BCUT2D eigenvalue weighted by Crippen LogP contribution is 2.40. The highest BCUT2D eigenvalue weighted by molar-refractivity contribution is 5.90. The van der Waals surface area contributed by atoms with Crippen molar-refractivity contribution in [1.82, 2.24) is 4.90 Å². The molecule has 0 bridgehead atoms. The molecule has 1 fully saturated rings. The third-order valence-corrected chi connectivity index (χ3v) is 6.98. The van der Waals surface area contributed by atoms with E-state index in [1.165, 1.54) is 12.1 Å². The lowest BCUT2D eigenvalue weighted by Crippen LogP contribution is -2.62. The number of hydrogen-bond donors (Lipinski definition) is 2. The molecule has 0 spiro atoms. The number of nitrogens with two attached hydrogens (primary N) is 1. The maximum absolute atomic E-state index is 13.2. The van der Waals surface area contributed by atoms with Crippen LogP contribution in [0.1, 0.15) is 37.8 Å². The number of carbonyl (C=O) groups is 1.